The Labute approximate surface area is 274 Å². The molecule has 4 rings (SSSR count). The molecule has 0 aliphatic rings. The minimum Gasteiger partial charge on any atom is -0.495 e. The molecule has 3 aromatic heterocycles. The zero-order valence-corrected chi connectivity index (χ0v) is 27.3. The third kappa shape index (κ3) is 9.35. The number of hydrogen-bond donors (Lipinski definition) is 0. The smallest absolute Gasteiger partial charge is 0.422 e. The largest absolute Gasteiger partial charge is 0.495 e. The second kappa shape index (κ2) is 14.6. The van der Waals surface area contributed by atoms with Gasteiger partial charge in [0.15, 0.2) is 18.1 Å². The number of Topliss-reactive ketones (excluding diaryl/α,β-unsaturated/α-hetero) is 1. The van der Waals surface area contributed by atoms with Crippen LogP contribution in [0.4, 0.5) is 13.2 Å². The number of pyridine rings is 2. The van der Waals surface area contributed by atoms with Crippen LogP contribution in [0.3, 0.4) is 0 Å². The number of methoxy groups -OCH3 is 1. The Hall–Kier alpha value is -4.36. The SMILES string of the molecule is CCOC(=O)c1cn2cc(CC(=O)C(CCOC(C)(C)C)n3cc(OC)c(-c4cc(Cl)ccc4OCC(F)(F)F)cc3=O)ccc2n1. The van der Waals surface area contributed by atoms with Crippen LogP contribution in [0.2, 0.25) is 5.02 Å². The van der Waals surface area contributed by atoms with Crippen molar-refractivity contribution < 1.29 is 41.7 Å². The van der Waals surface area contributed by atoms with Gasteiger partial charge < -0.3 is 27.9 Å². The van der Waals surface area contributed by atoms with Crippen molar-refractivity contribution in [2.75, 3.05) is 26.9 Å². The van der Waals surface area contributed by atoms with Crippen molar-refractivity contribution in [3.63, 3.8) is 0 Å². The van der Waals surface area contributed by atoms with E-state index in [1.807, 2.05) is 20.8 Å². The summed E-state index contributed by atoms with van der Waals surface area (Å²) in [5.41, 5.74) is 0.322. The highest BCUT2D eigenvalue weighted by Crippen LogP contribution is 2.38. The number of fused-ring (bicyclic) bond motifs is 1. The minimum absolute atomic E-state index is 0.0801. The van der Waals surface area contributed by atoms with Crippen LogP contribution < -0.4 is 15.0 Å². The summed E-state index contributed by atoms with van der Waals surface area (Å²) in [6.07, 6.45) is -0.0271. The second-order valence-corrected chi connectivity index (χ2v) is 12.0. The molecule has 0 saturated carbocycles. The lowest BCUT2D eigenvalue weighted by Gasteiger charge is -2.24. The molecule has 3 heterocycles. The first-order valence-corrected chi connectivity index (χ1v) is 15.1. The molecule has 1 unspecified atom stereocenters. The van der Waals surface area contributed by atoms with Gasteiger partial charge in [0.25, 0.3) is 5.56 Å². The van der Waals surface area contributed by atoms with Crippen LogP contribution in [0.25, 0.3) is 16.8 Å². The maximum Gasteiger partial charge on any atom is 0.422 e. The molecule has 0 spiro atoms. The van der Waals surface area contributed by atoms with Crippen molar-refractivity contribution in [2.24, 2.45) is 0 Å². The highest BCUT2D eigenvalue weighted by Gasteiger charge is 2.30. The average Bonchev–Trinajstić information content (AvgIpc) is 3.42. The zero-order valence-electron chi connectivity index (χ0n) is 26.5. The molecule has 0 amide bonds. The van der Waals surface area contributed by atoms with Gasteiger partial charge in [-0.1, -0.05) is 17.7 Å². The lowest BCUT2D eigenvalue weighted by atomic mass is 10.0. The molecule has 252 valence electrons. The first-order valence-electron chi connectivity index (χ1n) is 14.7. The van der Waals surface area contributed by atoms with E-state index in [-0.39, 0.29) is 65.2 Å². The number of esters is 1. The molecular formula is C33H35ClF3N3O7. The van der Waals surface area contributed by atoms with Gasteiger partial charge in [0.2, 0.25) is 0 Å². The number of aromatic nitrogens is 3. The van der Waals surface area contributed by atoms with E-state index < -0.39 is 36.0 Å². The number of halogens is 4. The lowest BCUT2D eigenvalue weighted by molar-refractivity contribution is -0.153. The third-order valence-corrected chi connectivity index (χ3v) is 7.13. The molecule has 0 aliphatic heterocycles. The van der Waals surface area contributed by atoms with E-state index in [4.69, 9.17) is 30.5 Å². The van der Waals surface area contributed by atoms with Crippen LogP contribution in [0.15, 0.2) is 59.8 Å². The monoisotopic (exact) mass is 677 g/mol. The molecule has 0 bridgehead atoms. The van der Waals surface area contributed by atoms with Crippen LogP contribution >= 0.6 is 11.6 Å². The summed E-state index contributed by atoms with van der Waals surface area (Å²) in [5.74, 6) is -0.943. The van der Waals surface area contributed by atoms with E-state index in [0.717, 1.165) is 0 Å². The molecule has 0 N–H and O–H groups in total. The first-order chi connectivity index (χ1) is 22.1. The van der Waals surface area contributed by atoms with Crippen molar-refractivity contribution in [1.82, 2.24) is 14.0 Å². The molecule has 0 aliphatic carbocycles. The summed E-state index contributed by atoms with van der Waals surface area (Å²) in [5, 5.41) is 0.196. The minimum atomic E-state index is -4.60. The fourth-order valence-electron chi connectivity index (χ4n) is 4.84. The Morgan fingerprint density at radius 1 is 1.00 bits per heavy atom. The summed E-state index contributed by atoms with van der Waals surface area (Å²) in [6.45, 7) is 6.07. The quantitative estimate of drug-likeness (QED) is 0.148. The van der Waals surface area contributed by atoms with Gasteiger partial charge in [-0.2, -0.15) is 13.2 Å². The Bertz CT molecular complexity index is 1810. The zero-order chi connectivity index (χ0) is 34.5. The predicted octanol–water partition coefficient (Wildman–Crippen LogP) is 6.50. The molecule has 0 fully saturated rings. The molecule has 0 radical (unpaired) electrons. The topological polar surface area (TPSA) is 110 Å². The van der Waals surface area contributed by atoms with Crippen molar-refractivity contribution in [2.45, 2.75) is 58.4 Å². The highest BCUT2D eigenvalue weighted by molar-refractivity contribution is 6.31. The summed E-state index contributed by atoms with van der Waals surface area (Å²) in [7, 11) is 1.33. The van der Waals surface area contributed by atoms with E-state index in [1.54, 1.807) is 29.7 Å². The highest BCUT2D eigenvalue weighted by atomic mass is 35.5. The van der Waals surface area contributed by atoms with E-state index in [9.17, 15) is 27.6 Å². The third-order valence-electron chi connectivity index (χ3n) is 6.90. The van der Waals surface area contributed by atoms with E-state index in [0.29, 0.717) is 11.2 Å². The summed E-state index contributed by atoms with van der Waals surface area (Å²) in [6, 6.07) is 7.55. The average molecular weight is 678 g/mol. The van der Waals surface area contributed by atoms with Crippen LogP contribution in [0.5, 0.6) is 11.5 Å². The number of benzene rings is 1. The van der Waals surface area contributed by atoms with Gasteiger partial charge in [-0.15, -0.1) is 0 Å². The number of ether oxygens (including phenoxy) is 4. The summed E-state index contributed by atoms with van der Waals surface area (Å²) < 4.78 is 63.2. The molecule has 1 aromatic carbocycles. The fourth-order valence-corrected chi connectivity index (χ4v) is 5.01. The van der Waals surface area contributed by atoms with Crippen LogP contribution in [-0.4, -0.2) is 64.4 Å². The molecule has 14 heteroatoms. The lowest BCUT2D eigenvalue weighted by Crippen LogP contribution is -2.32. The molecule has 10 nitrogen and oxygen atoms in total. The number of alkyl halides is 3. The van der Waals surface area contributed by atoms with Gasteiger partial charge in [0, 0.05) is 47.6 Å². The van der Waals surface area contributed by atoms with Gasteiger partial charge in [-0.05, 0) is 63.9 Å². The Kier molecular flexibility index (Phi) is 11.0. The number of carbonyl (C=O) groups excluding carboxylic acids is 2. The van der Waals surface area contributed by atoms with E-state index in [1.165, 1.54) is 48.3 Å². The number of hydrogen-bond acceptors (Lipinski definition) is 8. The standard InChI is InChI=1S/C33H35ClF3N3O7/c1-6-45-31(43)24-17-39-16-20(7-10-29(39)38-24)13-26(41)25(11-12-47-32(2,3)4)40-18-28(44-5)23(15-30(40)42)22-14-21(34)8-9-27(22)46-19-33(35,36)37/h7-10,14-18,25H,6,11-13,19H2,1-5H3. The van der Waals surface area contributed by atoms with Gasteiger partial charge in [0.1, 0.15) is 17.1 Å². The van der Waals surface area contributed by atoms with Gasteiger partial charge in [-0.25, -0.2) is 9.78 Å². The summed E-state index contributed by atoms with van der Waals surface area (Å²) in [4.78, 5) is 43.9. The Morgan fingerprint density at radius 3 is 2.38 bits per heavy atom. The Morgan fingerprint density at radius 2 is 1.72 bits per heavy atom. The number of nitrogens with zero attached hydrogens (tertiary/aromatic N) is 3. The molecule has 47 heavy (non-hydrogen) atoms. The number of rotatable bonds is 13. The maximum absolute atomic E-state index is 13.9. The van der Waals surface area contributed by atoms with Crippen LogP contribution in [-0.2, 0) is 20.7 Å². The van der Waals surface area contributed by atoms with E-state index >= 15 is 0 Å². The fraction of sp³-hybridized carbons (Fsp3) is 0.394. The summed E-state index contributed by atoms with van der Waals surface area (Å²) >= 11 is 6.16. The second-order valence-electron chi connectivity index (χ2n) is 11.6. The molecule has 4 aromatic rings. The van der Waals surface area contributed by atoms with Crippen molar-refractivity contribution >= 4 is 29.0 Å². The first kappa shape index (κ1) is 35.5. The normalized spacial score (nSPS) is 12.6. The van der Waals surface area contributed by atoms with Crippen molar-refractivity contribution in [1.29, 1.82) is 0 Å². The van der Waals surface area contributed by atoms with E-state index in [2.05, 4.69) is 4.98 Å². The van der Waals surface area contributed by atoms with Gasteiger partial charge >= 0.3 is 12.1 Å². The van der Waals surface area contributed by atoms with Crippen LogP contribution in [0, 0.1) is 0 Å². The number of imidazole rings is 1. The number of ketones is 1. The van der Waals surface area contributed by atoms with Gasteiger partial charge in [-0.3, -0.25) is 9.59 Å². The Balaban J connectivity index is 1.71. The maximum atomic E-state index is 13.9. The molecule has 1 atom stereocenters. The van der Waals surface area contributed by atoms with Crippen molar-refractivity contribution in [3.05, 3.63) is 81.6 Å². The van der Waals surface area contributed by atoms with Gasteiger partial charge in [0.05, 0.1) is 31.6 Å². The molecule has 0 saturated heterocycles. The molecular weight excluding hydrogens is 643 g/mol. The van der Waals surface area contributed by atoms with Crippen molar-refractivity contribution in [3.8, 4) is 22.6 Å². The predicted molar refractivity (Wildman–Crippen MR) is 168 cm³/mol. The van der Waals surface area contributed by atoms with Crippen LogP contribution in [0.1, 0.15) is 56.2 Å². The number of carbonyl (C=O) groups is 2.